The fraction of sp³-hybridized carbons (Fsp3) is 0.556. The van der Waals surface area contributed by atoms with E-state index in [2.05, 4.69) is 0 Å². The summed E-state index contributed by atoms with van der Waals surface area (Å²) < 4.78 is 1.68. The van der Waals surface area contributed by atoms with Gasteiger partial charge in [-0.1, -0.05) is 0 Å². The Morgan fingerprint density at radius 2 is 1.41 bits per heavy atom. The number of carboxylic acids is 3. The van der Waals surface area contributed by atoms with Crippen molar-refractivity contribution >= 4 is 17.9 Å². The summed E-state index contributed by atoms with van der Waals surface area (Å²) in [4.78, 5) is 32.8. The third-order valence-electron chi connectivity index (χ3n) is 4.59. The van der Waals surface area contributed by atoms with Gasteiger partial charge in [-0.2, -0.15) is 0 Å². The lowest BCUT2D eigenvalue weighted by Crippen LogP contribution is -2.37. The topological polar surface area (TPSA) is 214 Å². The van der Waals surface area contributed by atoms with Gasteiger partial charge in [0.25, 0.3) is 0 Å². The molecule has 0 amide bonds. The molecule has 0 spiro atoms. The molecule has 0 saturated heterocycles. The monoisotopic (exact) mass is 413 g/mol. The summed E-state index contributed by atoms with van der Waals surface area (Å²) in [7, 11) is 0. The van der Waals surface area contributed by atoms with E-state index in [4.69, 9.17) is 32.5 Å². The van der Waals surface area contributed by atoms with Crippen molar-refractivity contribution < 1.29 is 39.4 Å². The molecule has 0 fully saturated rings. The maximum absolute atomic E-state index is 11.1. The molecule has 1 aromatic rings. The van der Waals surface area contributed by atoms with Gasteiger partial charge >= 0.3 is 17.9 Å². The molecule has 11 heteroatoms. The number of hydrogen-bond donors (Lipinski definition) is 7. The van der Waals surface area contributed by atoms with Crippen LogP contribution in [-0.4, -0.2) is 56.5 Å². The van der Waals surface area contributed by atoms with Crippen LogP contribution >= 0.6 is 0 Å². The Balaban J connectivity index is 2.94. The molecule has 3 atom stereocenters. The van der Waals surface area contributed by atoms with E-state index in [1.165, 1.54) is 6.20 Å². The number of hydrogen-bond acceptors (Lipinski definition) is 7. The van der Waals surface area contributed by atoms with E-state index >= 15 is 0 Å². The molecule has 1 aromatic heterocycles. The normalized spacial score (nSPS) is 14.2. The SMILES string of the molecule is N[C@H](CCc1c[n+](CCCC[C@H](N)C(=O)O)cc(O)c1C[C@@H](N)C(=O)O)C(=O)O. The standard InChI is InChI=1S/C18H28N4O7/c19-12(16(24)25)3-1-2-6-22-8-10(4-5-13(20)17(26)27)11(15(23)9-22)7-14(21)18(28)29/h8-9,12-14H,1-7,19-21H2,(H3-,23,24,25,26,27,28,29)/p+1/t12-,13+,14+/m0/s1. The van der Waals surface area contributed by atoms with Gasteiger partial charge in [0.1, 0.15) is 24.7 Å². The highest BCUT2D eigenvalue weighted by Crippen LogP contribution is 2.22. The number of nitrogens with zero attached hydrogens (tertiary/aromatic N) is 1. The third-order valence-corrected chi connectivity index (χ3v) is 4.59. The molecule has 1 rings (SSSR count). The fourth-order valence-electron chi connectivity index (χ4n) is 2.82. The van der Waals surface area contributed by atoms with Crippen LogP contribution in [0.15, 0.2) is 12.4 Å². The predicted molar refractivity (Wildman–Crippen MR) is 101 cm³/mol. The molecule has 162 valence electrons. The van der Waals surface area contributed by atoms with Crippen molar-refractivity contribution in [3.05, 3.63) is 23.5 Å². The molecule has 0 aliphatic heterocycles. The van der Waals surface area contributed by atoms with E-state index in [9.17, 15) is 19.5 Å². The number of aliphatic carboxylic acids is 3. The van der Waals surface area contributed by atoms with Crippen LogP contribution in [0.2, 0.25) is 0 Å². The largest absolute Gasteiger partial charge is 0.503 e. The number of nitrogens with two attached hydrogens (primary N) is 3. The molecule has 0 aliphatic rings. The summed E-state index contributed by atoms with van der Waals surface area (Å²) in [6.07, 6.45) is 4.80. The van der Waals surface area contributed by atoms with Gasteiger partial charge in [0.2, 0.25) is 6.20 Å². The second-order valence-electron chi connectivity index (χ2n) is 6.96. The molecular formula is C18H29N4O7+. The minimum atomic E-state index is -1.22. The number of aromatic hydroxyl groups is 1. The van der Waals surface area contributed by atoms with Gasteiger partial charge in [0, 0.05) is 24.0 Å². The molecule has 1 heterocycles. The van der Waals surface area contributed by atoms with E-state index < -0.39 is 36.0 Å². The van der Waals surface area contributed by atoms with Crippen LogP contribution in [0.4, 0.5) is 0 Å². The maximum Gasteiger partial charge on any atom is 0.320 e. The highest BCUT2D eigenvalue weighted by atomic mass is 16.4. The first-order valence-corrected chi connectivity index (χ1v) is 9.21. The molecule has 29 heavy (non-hydrogen) atoms. The van der Waals surface area contributed by atoms with Gasteiger partial charge in [-0.15, -0.1) is 0 Å². The smallest absolute Gasteiger partial charge is 0.320 e. The van der Waals surface area contributed by atoms with Crippen molar-refractivity contribution in [3.8, 4) is 5.75 Å². The van der Waals surface area contributed by atoms with Gasteiger partial charge in [-0.3, -0.25) is 14.4 Å². The second-order valence-corrected chi connectivity index (χ2v) is 6.96. The molecular weight excluding hydrogens is 384 g/mol. The van der Waals surface area contributed by atoms with E-state index in [1.54, 1.807) is 10.8 Å². The van der Waals surface area contributed by atoms with Crippen LogP contribution < -0.4 is 21.8 Å². The Morgan fingerprint density at radius 3 is 1.97 bits per heavy atom. The first-order chi connectivity index (χ1) is 13.5. The average molecular weight is 413 g/mol. The van der Waals surface area contributed by atoms with Gasteiger partial charge in [-0.25, -0.2) is 4.57 Å². The van der Waals surface area contributed by atoms with E-state index in [1.807, 2.05) is 0 Å². The van der Waals surface area contributed by atoms with Crippen molar-refractivity contribution in [1.82, 2.24) is 0 Å². The number of carboxylic acid groups (broad SMARTS) is 3. The predicted octanol–water partition coefficient (Wildman–Crippen LogP) is -1.44. The van der Waals surface area contributed by atoms with Crippen molar-refractivity contribution in [2.75, 3.05) is 0 Å². The highest BCUT2D eigenvalue weighted by Gasteiger charge is 2.23. The van der Waals surface area contributed by atoms with Crippen molar-refractivity contribution in [2.24, 2.45) is 17.2 Å². The Bertz CT molecular complexity index is 741. The third kappa shape index (κ3) is 8.02. The van der Waals surface area contributed by atoms with Crippen LogP contribution in [0.5, 0.6) is 5.75 Å². The quantitative estimate of drug-likeness (QED) is 0.148. The van der Waals surface area contributed by atoms with E-state index in [-0.39, 0.29) is 25.0 Å². The molecule has 0 aromatic carbocycles. The summed E-state index contributed by atoms with van der Waals surface area (Å²) in [6, 6.07) is -3.24. The van der Waals surface area contributed by atoms with Crippen molar-refractivity contribution in [1.29, 1.82) is 0 Å². The summed E-state index contributed by atoms with van der Waals surface area (Å²) >= 11 is 0. The minimum Gasteiger partial charge on any atom is -0.503 e. The molecule has 0 unspecified atom stereocenters. The van der Waals surface area contributed by atoms with Crippen LogP contribution in [0, 0.1) is 0 Å². The van der Waals surface area contributed by atoms with Crippen LogP contribution in [0.25, 0.3) is 0 Å². The molecule has 10 N–H and O–H groups in total. The van der Waals surface area contributed by atoms with Crippen LogP contribution in [0.3, 0.4) is 0 Å². The van der Waals surface area contributed by atoms with Crippen molar-refractivity contribution in [3.63, 3.8) is 0 Å². The lowest BCUT2D eigenvalue weighted by atomic mass is 9.96. The summed E-state index contributed by atoms with van der Waals surface area (Å²) in [5.74, 6) is -3.59. The van der Waals surface area contributed by atoms with Crippen molar-refractivity contribution in [2.45, 2.75) is 63.2 Å². The first kappa shape index (κ1) is 24.3. The lowest BCUT2D eigenvalue weighted by molar-refractivity contribution is -0.698. The van der Waals surface area contributed by atoms with Gasteiger partial charge in [-0.05, 0) is 25.7 Å². The lowest BCUT2D eigenvalue weighted by Gasteiger charge is -2.14. The number of aryl methyl sites for hydroxylation is 2. The maximum atomic E-state index is 11.1. The Labute approximate surface area is 167 Å². The van der Waals surface area contributed by atoms with Gasteiger partial charge in [0.15, 0.2) is 11.9 Å². The Hall–Kier alpha value is -2.76. The first-order valence-electron chi connectivity index (χ1n) is 9.21. The Morgan fingerprint density at radius 1 is 0.862 bits per heavy atom. The second kappa shape index (κ2) is 11.3. The zero-order valence-electron chi connectivity index (χ0n) is 16.0. The zero-order chi connectivity index (χ0) is 22.1. The Kier molecular flexibility index (Phi) is 9.45. The fourth-order valence-corrected chi connectivity index (χ4v) is 2.82. The summed E-state index contributed by atoms with van der Waals surface area (Å²) in [5, 5.41) is 37.2. The minimum absolute atomic E-state index is 0.0988. The summed E-state index contributed by atoms with van der Waals surface area (Å²) in [5.41, 5.74) is 17.5. The molecule has 0 bridgehead atoms. The number of carbonyl (C=O) groups is 3. The zero-order valence-corrected chi connectivity index (χ0v) is 16.0. The number of aromatic nitrogens is 1. The molecule has 0 aliphatic carbocycles. The number of rotatable bonds is 13. The van der Waals surface area contributed by atoms with E-state index in [0.29, 0.717) is 36.9 Å². The van der Waals surface area contributed by atoms with Crippen LogP contribution in [-0.2, 0) is 33.8 Å². The average Bonchev–Trinajstić information content (AvgIpc) is 2.64. The molecule has 0 radical (unpaired) electrons. The van der Waals surface area contributed by atoms with E-state index in [0.717, 1.165) is 0 Å². The van der Waals surface area contributed by atoms with Gasteiger partial charge in [0.05, 0.1) is 0 Å². The number of unbranched alkanes of at least 4 members (excludes halogenated alkanes) is 1. The number of pyridine rings is 1. The highest BCUT2D eigenvalue weighted by molar-refractivity contribution is 5.74. The molecule has 0 saturated carbocycles. The molecule has 11 nitrogen and oxygen atoms in total. The van der Waals surface area contributed by atoms with Crippen LogP contribution in [0.1, 0.15) is 36.8 Å². The summed E-state index contributed by atoms with van der Waals surface area (Å²) in [6.45, 7) is 0.461. The van der Waals surface area contributed by atoms with Gasteiger partial charge < -0.3 is 37.6 Å².